The number of nitrogens with zero attached hydrogens (tertiary/aromatic N) is 1. The van der Waals surface area contributed by atoms with Crippen molar-refractivity contribution in [1.29, 1.82) is 0 Å². The number of carbonyl (C=O) groups excluding carboxylic acids is 1. The Hall–Kier alpha value is -2.09. The SMILES string of the molecule is Cc1ccc(S(=O)(=O)N(CC(=O)NCCCOC2CCCCC2)c2cc(Cl)ccc2C)cc1. The van der Waals surface area contributed by atoms with E-state index in [2.05, 4.69) is 5.32 Å². The number of amides is 1. The van der Waals surface area contributed by atoms with Crippen molar-refractivity contribution in [2.24, 2.45) is 0 Å². The highest BCUT2D eigenvalue weighted by molar-refractivity contribution is 7.92. The molecule has 0 atom stereocenters. The fraction of sp³-hybridized carbons (Fsp3) is 0.480. The highest BCUT2D eigenvalue weighted by atomic mass is 35.5. The van der Waals surface area contributed by atoms with Gasteiger partial charge in [-0.05, 0) is 62.9 Å². The summed E-state index contributed by atoms with van der Waals surface area (Å²) in [5, 5.41) is 3.23. The molecule has 0 aromatic heterocycles. The number of nitrogens with one attached hydrogen (secondary N) is 1. The van der Waals surface area contributed by atoms with Crippen molar-refractivity contribution >= 4 is 33.2 Å². The van der Waals surface area contributed by atoms with Crippen LogP contribution in [0.1, 0.15) is 49.7 Å². The predicted molar refractivity (Wildman–Crippen MR) is 132 cm³/mol. The van der Waals surface area contributed by atoms with Crippen LogP contribution in [0.25, 0.3) is 0 Å². The van der Waals surface area contributed by atoms with Gasteiger partial charge in [-0.15, -0.1) is 0 Å². The van der Waals surface area contributed by atoms with Gasteiger partial charge in [-0.2, -0.15) is 0 Å². The second-order valence-electron chi connectivity index (χ2n) is 8.59. The molecule has 2 aromatic rings. The monoisotopic (exact) mass is 492 g/mol. The van der Waals surface area contributed by atoms with Gasteiger partial charge < -0.3 is 10.1 Å². The average Bonchev–Trinajstić information content (AvgIpc) is 2.80. The molecule has 0 aliphatic heterocycles. The number of benzene rings is 2. The molecule has 1 saturated carbocycles. The summed E-state index contributed by atoms with van der Waals surface area (Å²) in [6, 6.07) is 11.6. The lowest BCUT2D eigenvalue weighted by Gasteiger charge is -2.26. The molecular weight excluding hydrogens is 460 g/mol. The van der Waals surface area contributed by atoms with Crippen molar-refractivity contribution in [1.82, 2.24) is 5.32 Å². The highest BCUT2D eigenvalue weighted by Crippen LogP contribution is 2.29. The van der Waals surface area contributed by atoms with Gasteiger partial charge in [0, 0.05) is 18.2 Å². The summed E-state index contributed by atoms with van der Waals surface area (Å²) in [5.41, 5.74) is 2.05. The van der Waals surface area contributed by atoms with Gasteiger partial charge in [0.1, 0.15) is 6.54 Å². The number of anilines is 1. The Bertz CT molecular complexity index is 1030. The zero-order valence-corrected chi connectivity index (χ0v) is 20.9. The van der Waals surface area contributed by atoms with Crippen LogP contribution in [0, 0.1) is 13.8 Å². The third kappa shape index (κ3) is 7.19. The third-order valence-corrected chi connectivity index (χ3v) is 7.89. The van der Waals surface area contributed by atoms with Crippen LogP contribution in [0.2, 0.25) is 5.02 Å². The van der Waals surface area contributed by atoms with Crippen LogP contribution in [0.15, 0.2) is 47.4 Å². The van der Waals surface area contributed by atoms with Crippen LogP contribution >= 0.6 is 11.6 Å². The molecule has 1 N–H and O–H groups in total. The fourth-order valence-electron chi connectivity index (χ4n) is 3.96. The topological polar surface area (TPSA) is 75.7 Å². The number of carbonyl (C=O) groups is 1. The van der Waals surface area contributed by atoms with Gasteiger partial charge in [-0.1, -0.05) is 54.6 Å². The number of ether oxygens (including phenoxy) is 1. The first-order valence-corrected chi connectivity index (χ1v) is 13.3. The molecule has 1 aliphatic carbocycles. The smallest absolute Gasteiger partial charge is 0.264 e. The standard InChI is InChI=1S/C25H33ClN2O4S/c1-19-9-13-23(14-10-19)33(30,31)28(24-17-21(26)12-11-20(24)2)18-25(29)27-15-6-16-32-22-7-4-3-5-8-22/h9-14,17,22H,3-8,15-16,18H2,1-2H3,(H,27,29). The van der Waals surface area contributed by atoms with Gasteiger partial charge in [0.15, 0.2) is 0 Å². The van der Waals surface area contributed by atoms with Gasteiger partial charge >= 0.3 is 0 Å². The first-order valence-electron chi connectivity index (χ1n) is 11.5. The van der Waals surface area contributed by atoms with Crippen LogP contribution in [0.5, 0.6) is 0 Å². The number of rotatable bonds is 10. The summed E-state index contributed by atoms with van der Waals surface area (Å²) >= 11 is 6.16. The van der Waals surface area contributed by atoms with E-state index < -0.39 is 10.0 Å². The van der Waals surface area contributed by atoms with Gasteiger partial charge in [0.2, 0.25) is 5.91 Å². The van der Waals surface area contributed by atoms with Crippen molar-refractivity contribution < 1.29 is 17.9 Å². The molecule has 0 spiro atoms. The number of hydrogen-bond donors (Lipinski definition) is 1. The molecular formula is C25H33ClN2O4S. The molecule has 0 radical (unpaired) electrons. The molecule has 180 valence electrons. The third-order valence-electron chi connectivity index (χ3n) is 5.89. The van der Waals surface area contributed by atoms with E-state index in [-0.39, 0.29) is 17.3 Å². The maximum atomic E-state index is 13.5. The lowest BCUT2D eigenvalue weighted by atomic mass is 9.98. The minimum atomic E-state index is -3.97. The van der Waals surface area contributed by atoms with E-state index in [1.807, 2.05) is 6.92 Å². The fourth-order valence-corrected chi connectivity index (χ4v) is 5.60. The zero-order valence-electron chi connectivity index (χ0n) is 19.3. The van der Waals surface area contributed by atoms with Gasteiger partial charge in [0.05, 0.1) is 16.7 Å². The number of aryl methyl sites for hydroxylation is 2. The summed E-state index contributed by atoms with van der Waals surface area (Å²) < 4.78 is 34.0. The van der Waals surface area contributed by atoms with E-state index in [9.17, 15) is 13.2 Å². The van der Waals surface area contributed by atoms with E-state index in [0.29, 0.717) is 41.9 Å². The summed E-state index contributed by atoms with van der Waals surface area (Å²) in [7, 11) is -3.97. The Morgan fingerprint density at radius 1 is 1.09 bits per heavy atom. The molecule has 1 fully saturated rings. The van der Waals surface area contributed by atoms with E-state index >= 15 is 0 Å². The van der Waals surface area contributed by atoms with Gasteiger partial charge in [0.25, 0.3) is 10.0 Å². The van der Waals surface area contributed by atoms with E-state index in [0.717, 1.165) is 22.7 Å². The van der Waals surface area contributed by atoms with E-state index in [1.54, 1.807) is 49.4 Å². The van der Waals surface area contributed by atoms with Gasteiger partial charge in [-0.3, -0.25) is 9.10 Å². The molecule has 3 rings (SSSR count). The van der Waals surface area contributed by atoms with Crippen LogP contribution in [0.3, 0.4) is 0 Å². The normalized spacial score (nSPS) is 14.8. The molecule has 1 amide bonds. The largest absolute Gasteiger partial charge is 0.378 e. The molecule has 0 saturated heterocycles. The van der Waals surface area contributed by atoms with Gasteiger partial charge in [-0.25, -0.2) is 8.42 Å². The molecule has 0 bridgehead atoms. The summed E-state index contributed by atoms with van der Waals surface area (Å²) in [6.45, 7) is 4.37. The maximum Gasteiger partial charge on any atom is 0.264 e. The van der Waals surface area contributed by atoms with E-state index in [4.69, 9.17) is 16.3 Å². The van der Waals surface area contributed by atoms with Crippen LogP contribution in [-0.2, 0) is 19.6 Å². The quantitative estimate of drug-likeness (QED) is 0.473. The lowest BCUT2D eigenvalue weighted by Crippen LogP contribution is -2.41. The van der Waals surface area contributed by atoms with Crippen molar-refractivity contribution in [3.05, 3.63) is 58.6 Å². The molecule has 0 heterocycles. The summed E-state index contributed by atoms with van der Waals surface area (Å²) in [6.07, 6.45) is 6.95. The minimum absolute atomic E-state index is 0.126. The van der Waals surface area contributed by atoms with Crippen molar-refractivity contribution in [3.8, 4) is 0 Å². The summed E-state index contributed by atoms with van der Waals surface area (Å²) in [4.78, 5) is 12.9. The molecule has 33 heavy (non-hydrogen) atoms. The van der Waals surface area contributed by atoms with Crippen molar-refractivity contribution in [3.63, 3.8) is 0 Å². The Morgan fingerprint density at radius 2 is 1.79 bits per heavy atom. The Balaban J connectivity index is 1.67. The first kappa shape index (κ1) is 25.5. The van der Waals surface area contributed by atoms with Crippen molar-refractivity contribution in [2.45, 2.75) is 63.4 Å². The Labute approximate surface area is 202 Å². The molecule has 1 aliphatic rings. The lowest BCUT2D eigenvalue weighted by molar-refractivity contribution is -0.119. The number of halogens is 1. The molecule has 2 aromatic carbocycles. The Kier molecular flexibility index (Phi) is 9.18. The van der Waals surface area contributed by atoms with E-state index in [1.165, 1.54) is 19.3 Å². The predicted octanol–water partition coefficient (Wildman–Crippen LogP) is 5.01. The minimum Gasteiger partial charge on any atom is -0.378 e. The van der Waals surface area contributed by atoms with Crippen LogP contribution in [-0.4, -0.2) is 40.1 Å². The van der Waals surface area contributed by atoms with Crippen LogP contribution in [0.4, 0.5) is 5.69 Å². The van der Waals surface area contributed by atoms with Crippen LogP contribution < -0.4 is 9.62 Å². The molecule has 8 heteroatoms. The summed E-state index contributed by atoms with van der Waals surface area (Å²) in [5.74, 6) is -0.372. The second kappa shape index (κ2) is 11.9. The van der Waals surface area contributed by atoms with Crippen molar-refractivity contribution in [2.75, 3.05) is 24.0 Å². The Morgan fingerprint density at radius 3 is 2.48 bits per heavy atom. The number of sulfonamides is 1. The second-order valence-corrected chi connectivity index (χ2v) is 10.9. The number of hydrogen-bond acceptors (Lipinski definition) is 4. The highest BCUT2D eigenvalue weighted by Gasteiger charge is 2.28. The first-order chi connectivity index (χ1) is 15.8. The zero-order chi connectivity index (χ0) is 23.8. The maximum absolute atomic E-state index is 13.5. The molecule has 0 unspecified atom stereocenters. The average molecular weight is 493 g/mol. The molecule has 6 nitrogen and oxygen atoms in total.